The molecule has 0 aromatic carbocycles. The van der Waals surface area contributed by atoms with E-state index in [0.29, 0.717) is 6.04 Å². The van der Waals surface area contributed by atoms with Gasteiger partial charge in [0.2, 0.25) is 0 Å². The van der Waals surface area contributed by atoms with E-state index in [0.717, 1.165) is 10.8 Å². The van der Waals surface area contributed by atoms with Crippen LogP contribution in [0.1, 0.15) is 46.0 Å². The molecule has 0 aliphatic carbocycles. The van der Waals surface area contributed by atoms with E-state index in [4.69, 9.17) is 0 Å². The molecule has 0 bridgehead atoms. The third kappa shape index (κ3) is 5.39. The number of thioether (sulfide) groups is 1. The molecule has 1 aromatic rings. The molecule has 0 saturated carbocycles. The summed E-state index contributed by atoms with van der Waals surface area (Å²) in [5.41, 5.74) is 0. The first-order chi connectivity index (χ1) is 8.30. The maximum absolute atomic E-state index is 4.28. The summed E-state index contributed by atoms with van der Waals surface area (Å²) in [5.74, 6) is 0.957. The van der Waals surface area contributed by atoms with Crippen LogP contribution in [0.2, 0.25) is 0 Å². The topological polar surface area (TPSA) is 37.8 Å². The predicted octanol–water partition coefficient (Wildman–Crippen LogP) is 3.97. The molecular weight excluding hydrogens is 230 g/mol. The summed E-state index contributed by atoms with van der Waals surface area (Å²) in [6, 6.07) is 2.57. The summed E-state index contributed by atoms with van der Waals surface area (Å²) in [6.45, 7) is 4.47. The highest BCUT2D eigenvalue weighted by Gasteiger charge is 2.08. The largest absolute Gasteiger partial charge is 0.367 e. The summed E-state index contributed by atoms with van der Waals surface area (Å²) in [5, 5.41) is 4.55. The van der Waals surface area contributed by atoms with E-state index in [9.17, 15) is 0 Å². The molecule has 3 nitrogen and oxygen atoms in total. The molecular formula is C13H23N3S. The fraction of sp³-hybridized carbons (Fsp3) is 0.692. The summed E-state index contributed by atoms with van der Waals surface area (Å²) in [6.07, 6.45) is 9.84. The van der Waals surface area contributed by atoms with Crippen molar-refractivity contribution < 1.29 is 0 Å². The molecule has 1 unspecified atom stereocenters. The summed E-state index contributed by atoms with van der Waals surface area (Å²) in [4.78, 5) is 8.47. The number of anilines is 1. The zero-order chi connectivity index (χ0) is 12.5. The molecule has 0 saturated heterocycles. The Morgan fingerprint density at radius 3 is 2.71 bits per heavy atom. The number of unbranched alkanes of at least 4 members (excludes halogenated alkanes) is 1. The lowest BCUT2D eigenvalue weighted by atomic mass is 10.1. The molecule has 0 aliphatic rings. The Hall–Kier alpha value is -0.770. The molecule has 0 spiro atoms. The van der Waals surface area contributed by atoms with Gasteiger partial charge in [-0.05, 0) is 19.1 Å². The standard InChI is InChI=1S/C13H23N3S/c1-4-6-8-11(7-5-2)16-12-9-13(17-3)15-10-14-12/h9-11H,4-8H2,1-3H3,(H,14,15,16). The van der Waals surface area contributed by atoms with Gasteiger partial charge < -0.3 is 5.32 Å². The minimum absolute atomic E-state index is 0.546. The van der Waals surface area contributed by atoms with Crippen LogP contribution in [-0.2, 0) is 0 Å². The Morgan fingerprint density at radius 2 is 2.06 bits per heavy atom. The average molecular weight is 253 g/mol. The van der Waals surface area contributed by atoms with Gasteiger partial charge in [0.15, 0.2) is 0 Å². The third-order valence-electron chi connectivity index (χ3n) is 2.75. The van der Waals surface area contributed by atoms with E-state index < -0.39 is 0 Å². The molecule has 96 valence electrons. The monoisotopic (exact) mass is 253 g/mol. The van der Waals surface area contributed by atoms with Gasteiger partial charge in [0.05, 0.1) is 0 Å². The lowest BCUT2D eigenvalue weighted by molar-refractivity contribution is 0.562. The molecule has 4 heteroatoms. The molecule has 1 aromatic heterocycles. The number of nitrogens with one attached hydrogen (secondary N) is 1. The molecule has 0 amide bonds. The van der Waals surface area contributed by atoms with E-state index in [1.807, 2.05) is 12.3 Å². The van der Waals surface area contributed by atoms with Crippen molar-refractivity contribution in [3.63, 3.8) is 0 Å². The lowest BCUT2D eigenvalue weighted by Gasteiger charge is -2.18. The van der Waals surface area contributed by atoms with Crippen molar-refractivity contribution in [3.05, 3.63) is 12.4 Å². The number of hydrogen-bond donors (Lipinski definition) is 1. The zero-order valence-corrected chi connectivity index (χ0v) is 11.9. The number of nitrogens with zero attached hydrogens (tertiary/aromatic N) is 2. The fourth-order valence-electron chi connectivity index (χ4n) is 1.83. The minimum atomic E-state index is 0.546. The Labute approximate surface area is 109 Å². The molecule has 1 heterocycles. The SMILES string of the molecule is CCCCC(CCC)Nc1cc(SC)ncn1. The van der Waals surface area contributed by atoms with Gasteiger partial charge in [0.1, 0.15) is 17.2 Å². The Balaban J connectivity index is 2.57. The van der Waals surface area contributed by atoms with Crippen LogP contribution in [0.4, 0.5) is 5.82 Å². The van der Waals surface area contributed by atoms with Gasteiger partial charge in [-0.2, -0.15) is 0 Å². The van der Waals surface area contributed by atoms with E-state index in [1.54, 1.807) is 18.1 Å². The summed E-state index contributed by atoms with van der Waals surface area (Å²) < 4.78 is 0. The van der Waals surface area contributed by atoms with Gasteiger partial charge in [0, 0.05) is 12.1 Å². The molecule has 0 aliphatic heterocycles. The van der Waals surface area contributed by atoms with Gasteiger partial charge in [-0.15, -0.1) is 11.8 Å². The van der Waals surface area contributed by atoms with Crippen LogP contribution in [0, 0.1) is 0 Å². The maximum Gasteiger partial charge on any atom is 0.130 e. The first-order valence-corrected chi connectivity index (χ1v) is 7.65. The van der Waals surface area contributed by atoms with Crippen molar-refractivity contribution in [1.82, 2.24) is 9.97 Å². The Bertz CT molecular complexity index is 317. The van der Waals surface area contributed by atoms with E-state index in [-0.39, 0.29) is 0 Å². The van der Waals surface area contributed by atoms with Gasteiger partial charge in [-0.25, -0.2) is 9.97 Å². The van der Waals surface area contributed by atoms with Crippen molar-refractivity contribution in [2.24, 2.45) is 0 Å². The van der Waals surface area contributed by atoms with Crippen LogP contribution >= 0.6 is 11.8 Å². The normalized spacial score (nSPS) is 12.4. The van der Waals surface area contributed by atoms with Gasteiger partial charge >= 0.3 is 0 Å². The molecule has 0 fully saturated rings. The highest BCUT2D eigenvalue weighted by Crippen LogP contribution is 2.17. The molecule has 1 rings (SSSR count). The summed E-state index contributed by atoms with van der Waals surface area (Å²) in [7, 11) is 0. The second-order valence-electron chi connectivity index (χ2n) is 4.22. The number of aromatic nitrogens is 2. The average Bonchev–Trinajstić information content (AvgIpc) is 2.36. The van der Waals surface area contributed by atoms with Crippen LogP contribution in [0.5, 0.6) is 0 Å². The van der Waals surface area contributed by atoms with Crippen LogP contribution in [0.15, 0.2) is 17.4 Å². The Morgan fingerprint density at radius 1 is 1.24 bits per heavy atom. The van der Waals surface area contributed by atoms with E-state index in [2.05, 4.69) is 29.1 Å². The van der Waals surface area contributed by atoms with Crippen molar-refractivity contribution in [2.75, 3.05) is 11.6 Å². The number of hydrogen-bond acceptors (Lipinski definition) is 4. The van der Waals surface area contributed by atoms with Crippen LogP contribution in [0.3, 0.4) is 0 Å². The zero-order valence-electron chi connectivity index (χ0n) is 11.1. The molecule has 0 radical (unpaired) electrons. The van der Waals surface area contributed by atoms with Crippen molar-refractivity contribution >= 4 is 17.6 Å². The second-order valence-corrected chi connectivity index (χ2v) is 5.04. The highest BCUT2D eigenvalue weighted by atomic mass is 32.2. The van der Waals surface area contributed by atoms with Gasteiger partial charge in [0.25, 0.3) is 0 Å². The summed E-state index contributed by atoms with van der Waals surface area (Å²) >= 11 is 1.65. The maximum atomic E-state index is 4.28. The first kappa shape index (κ1) is 14.3. The first-order valence-electron chi connectivity index (χ1n) is 6.42. The highest BCUT2D eigenvalue weighted by molar-refractivity contribution is 7.98. The third-order valence-corrected chi connectivity index (χ3v) is 3.39. The van der Waals surface area contributed by atoms with Crippen LogP contribution in [0.25, 0.3) is 0 Å². The van der Waals surface area contributed by atoms with Gasteiger partial charge in [-0.3, -0.25) is 0 Å². The van der Waals surface area contributed by atoms with E-state index >= 15 is 0 Å². The van der Waals surface area contributed by atoms with Crippen molar-refractivity contribution in [3.8, 4) is 0 Å². The van der Waals surface area contributed by atoms with E-state index in [1.165, 1.54) is 32.1 Å². The van der Waals surface area contributed by atoms with Crippen LogP contribution in [-0.4, -0.2) is 22.3 Å². The predicted molar refractivity (Wildman–Crippen MR) is 75.7 cm³/mol. The van der Waals surface area contributed by atoms with Crippen molar-refractivity contribution in [1.29, 1.82) is 0 Å². The lowest BCUT2D eigenvalue weighted by Crippen LogP contribution is -2.20. The fourth-order valence-corrected chi connectivity index (χ4v) is 2.21. The molecule has 17 heavy (non-hydrogen) atoms. The second kappa shape index (κ2) is 8.34. The number of rotatable bonds is 8. The smallest absolute Gasteiger partial charge is 0.130 e. The quantitative estimate of drug-likeness (QED) is 0.562. The van der Waals surface area contributed by atoms with Crippen LogP contribution < -0.4 is 5.32 Å². The molecule has 1 N–H and O–H groups in total. The van der Waals surface area contributed by atoms with Gasteiger partial charge in [-0.1, -0.05) is 33.1 Å². The Kier molecular flexibility index (Phi) is 7.01. The van der Waals surface area contributed by atoms with Crippen molar-refractivity contribution in [2.45, 2.75) is 57.0 Å². The molecule has 1 atom stereocenters. The minimum Gasteiger partial charge on any atom is -0.367 e.